The summed E-state index contributed by atoms with van der Waals surface area (Å²) in [5, 5.41) is 3.50. The van der Waals surface area contributed by atoms with Gasteiger partial charge in [0.25, 0.3) is 0 Å². The Balaban J connectivity index is 1.14. The number of hydrogen-bond acceptors (Lipinski definition) is 11. The normalized spacial score (nSPS) is 15.6. The van der Waals surface area contributed by atoms with E-state index in [2.05, 4.69) is 42.7 Å². The molecule has 0 atom stereocenters. The van der Waals surface area contributed by atoms with Gasteiger partial charge in [-0.05, 0) is 30.3 Å². The van der Waals surface area contributed by atoms with Crippen LogP contribution in [0.25, 0.3) is 21.5 Å². The average molecular weight is 586 g/mol. The maximum atomic E-state index is 13.2. The van der Waals surface area contributed by atoms with Gasteiger partial charge < -0.3 is 30.5 Å². The van der Waals surface area contributed by atoms with E-state index in [9.17, 15) is 9.59 Å². The summed E-state index contributed by atoms with van der Waals surface area (Å²) in [6.45, 7) is 8.95. The number of aromatic nitrogens is 4. The third kappa shape index (κ3) is 6.16. The number of fused-ring (bicyclic) bond motifs is 1. The number of ether oxygens (including phenoxy) is 1. The number of nitrogens with two attached hydrogens (primary N) is 1. The van der Waals surface area contributed by atoms with E-state index >= 15 is 0 Å². The molecule has 2 amide bonds. The van der Waals surface area contributed by atoms with Crippen molar-refractivity contribution in [1.82, 2.24) is 24.8 Å². The molecule has 12 nitrogen and oxygen atoms in total. The van der Waals surface area contributed by atoms with Gasteiger partial charge in [0.05, 0.1) is 35.5 Å². The van der Waals surface area contributed by atoms with Crippen molar-refractivity contribution in [3.63, 3.8) is 0 Å². The van der Waals surface area contributed by atoms with Gasteiger partial charge in [-0.3, -0.25) is 9.59 Å². The monoisotopic (exact) mass is 585 g/mol. The lowest BCUT2D eigenvalue weighted by Gasteiger charge is -2.37. The van der Waals surface area contributed by atoms with Crippen LogP contribution in [0, 0.1) is 0 Å². The number of morpholine rings is 1. The molecule has 13 heteroatoms. The van der Waals surface area contributed by atoms with Gasteiger partial charge in [0, 0.05) is 74.7 Å². The number of nitrogens with one attached hydrogen (secondary N) is 1. The van der Waals surface area contributed by atoms with Crippen molar-refractivity contribution in [2.75, 3.05) is 73.3 Å². The van der Waals surface area contributed by atoms with Crippen LogP contribution in [0.3, 0.4) is 0 Å². The molecule has 2 fully saturated rings. The van der Waals surface area contributed by atoms with Gasteiger partial charge in [-0.25, -0.2) is 19.9 Å². The maximum Gasteiger partial charge on any atom is 0.247 e. The lowest BCUT2D eigenvalue weighted by atomic mass is 10.1. The number of benzene rings is 1. The maximum absolute atomic E-state index is 13.2. The van der Waals surface area contributed by atoms with E-state index in [4.69, 9.17) is 15.5 Å². The Bertz CT molecular complexity index is 1610. The molecule has 0 spiro atoms. The molecule has 2 aliphatic heterocycles. The van der Waals surface area contributed by atoms with E-state index < -0.39 is 0 Å². The SMILES string of the molecule is C=CC(=O)Nc1ccc2sc(CC(=O)N3CCN(c4cc(-c5cnc(N)nc5)nc(N5CCOCC5)c4)CC3)nc2c1. The highest BCUT2D eigenvalue weighted by Crippen LogP contribution is 2.30. The van der Waals surface area contributed by atoms with E-state index in [1.807, 2.05) is 29.2 Å². The second-order valence-corrected chi connectivity index (χ2v) is 11.1. The van der Waals surface area contributed by atoms with Crippen molar-refractivity contribution in [1.29, 1.82) is 0 Å². The second-order valence-electron chi connectivity index (χ2n) is 10.0. The second kappa shape index (κ2) is 12.1. The number of nitrogens with zero attached hydrogens (tertiary/aromatic N) is 7. The summed E-state index contributed by atoms with van der Waals surface area (Å²) in [5.74, 6) is 0.872. The van der Waals surface area contributed by atoms with Gasteiger partial charge in [0.15, 0.2) is 0 Å². The molecule has 6 rings (SSSR count). The third-order valence-electron chi connectivity index (χ3n) is 7.28. The summed E-state index contributed by atoms with van der Waals surface area (Å²) in [6.07, 6.45) is 4.84. The number of carbonyl (C=O) groups excluding carboxylic acids is 2. The number of thiazole rings is 1. The van der Waals surface area contributed by atoms with Crippen molar-refractivity contribution in [3.05, 3.63) is 60.4 Å². The largest absolute Gasteiger partial charge is 0.378 e. The Morgan fingerprint density at radius 3 is 2.50 bits per heavy atom. The molecule has 216 valence electrons. The zero-order valence-electron chi connectivity index (χ0n) is 23.0. The number of nitrogen functional groups attached to an aromatic ring is 1. The number of amides is 2. The molecular formula is C29H31N9O3S. The lowest BCUT2D eigenvalue weighted by Crippen LogP contribution is -2.49. The Hall–Kier alpha value is -4.62. The molecule has 0 radical (unpaired) electrons. The van der Waals surface area contributed by atoms with Crippen LogP contribution in [0.4, 0.5) is 23.1 Å². The van der Waals surface area contributed by atoms with Crippen LogP contribution in [0.5, 0.6) is 0 Å². The fourth-order valence-electron chi connectivity index (χ4n) is 5.03. The molecule has 2 aliphatic rings. The molecule has 4 aromatic rings. The topological polar surface area (TPSA) is 143 Å². The first-order chi connectivity index (χ1) is 20.4. The molecule has 0 saturated carbocycles. The minimum Gasteiger partial charge on any atom is -0.378 e. The lowest BCUT2D eigenvalue weighted by molar-refractivity contribution is -0.130. The minimum atomic E-state index is -0.279. The van der Waals surface area contributed by atoms with Gasteiger partial charge in [0.1, 0.15) is 10.8 Å². The summed E-state index contributed by atoms with van der Waals surface area (Å²) >= 11 is 1.50. The molecule has 2 saturated heterocycles. The molecular weight excluding hydrogens is 554 g/mol. The van der Waals surface area contributed by atoms with Gasteiger partial charge in [-0.2, -0.15) is 0 Å². The Morgan fingerprint density at radius 1 is 1.00 bits per heavy atom. The highest BCUT2D eigenvalue weighted by Gasteiger charge is 2.24. The number of piperazine rings is 1. The fraction of sp³-hybridized carbons (Fsp3) is 0.310. The average Bonchev–Trinajstić information content (AvgIpc) is 3.43. The van der Waals surface area contributed by atoms with E-state index in [0.717, 1.165) is 51.1 Å². The first-order valence-electron chi connectivity index (χ1n) is 13.7. The summed E-state index contributed by atoms with van der Waals surface area (Å²) in [6, 6.07) is 9.69. The van der Waals surface area contributed by atoms with Crippen LogP contribution >= 0.6 is 11.3 Å². The van der Waals surface area contributed by atoms with Gasteiger partial charge >= 0.3 is 0 Å². The molecule has 1 aromatic carbocycles. The van der Waals surface area contributed by atoms with Crippen molar-refractivity contribution < 1.29 is 14.3 Å². The molecule has 3 aromatic heterocycles. The van der Waals surface area contributed by atoms with Crippen molar-refractivity contribution in [2.45, 2.75) is 6.42 Å². The molecule has 5 heterocycles. The van der Waals surface area contributed by atoms with E-state index in [0.29, 0.717) is 45.1 Å². The van der Waals surface area contributed by atoms with Crippen LogP contribution in [0.15, 0.2) is 55.4 Å². The minimum absolute atomic E-state index is 0.0531. The van der Waals surface area contributed by atoms with Crippen LogP contribution < -0.4 is 20.9 Å². The van der Waals surface area contributed by atoms with E-state index in [1.165, 1.54) is 17.4 Å². The summed E-state index contributed by atoms with van der Waals surface area (Å²) < 4.78 is 6.51. The first kappa shape index (κ1) is 27.5. The molecule has 3 N–H and O–H groups in total. The van der Waals surface area contributed by atoms with Crippen LogP contribution in [0.1, 0.15) is 5.01 Å². The smallest absolute Gasteiger partial charge is 0.247 e. The standard InChI is InChI=1S/C29H31N9O3S/c1-2-26(39)33-20-3-4-24-23(13-20)35-27(42-24)16-28(40)38-7-5-36(6-8-38)21-14-22(19-17-31-29(30)32-18-19)34-25(15-21)37-9-11-41-12-10-37/h2-4,13-15,17-18H,1,5-12,16H2,(H,33,39)(H2,30,31,32). The number of rotatable bonds is 7. The zero-order chi connectivity index (χ0) is 29.1. The molecule has 42 heavy (non-hydrogen) atoms. The number of anilines is 4. The van der Waals surface area contributed by atoms with Crippen molar-refractivity contribution in [2.24, 2.45) is 0 Å². The summed E-state index contributed by atoms with van der Waals surface area (Å²) in [5.41, 5.74) is 9.71. The summed E-state index contributed by atoms with van der Waals surface area (Å²) in [4.78, 5) is 49.1. The molecule has 0 bridgehead atoms. The van der Waals surface area contributed by atoms with Crippen LogP contribution in [-0.4, -0.2) is 89.1 Å². The highest BCUT2D eigenvalue weighted by molar-refractivity contribution is 7.18. The van der Waals surface area contributed by atoms with Gasteiger partial charge in [-0.1, -0.05) is 6.58 Å². The number of pyridine rings is 1. The first-order valence-corrected chi connectivity index (χ1v) is 14.5. The van der Waals surface area contributed by atoms with Crippen LogP contribution in [0.2, 0.25) is 0 Å². The van der Waals surface area contributed by atoms with Gasteiger partial charge in [0.2, 0.25) is 17.8 Å². The molecule has 0 unspecified atom stereocenters. The fourth-order valence-corrected chi connectivity index (χ4v) is 5.97. The summed E-state index contributed by atoms with van der Waals surface area (Å²) in [7, 11) is 0. The Morgan fingerprint density at radius 2 is 1.76 bits per heavy atom. The predicted molar refractivity (Wildman–Crippen MR) is 164 cm³/mol. The third-order valence-corrected chi connectivity index (χ3v) is 8.32. The van der Waals surface area contributed by atoms with Crippen molar-refractivity contribution in [3.8, 4) is 11.3 Å². The van der Waals surface area contributed by atoms with E-state index in [-0.39, 0.29) is 24.2 Å². The van der Waals surface area contributed by atoms with E-state index in [1.54, 1.807) is 12.4 Å². The van der Waals surface area contributed by atoms with Crippen LogP contribution in [-0.2, 0) is 20.7 Å². The highest BCUT2D eigenvalue weighted by atomic mass is 32.1. The number of carbonyl (C=O) groups is 2. The van der Waals surface area contributed by atoms with Gasteiger partial charge in [-0.15, -0.1) is 11.3 Å². The zero-order valence-corrected chi connectivity index (χ0v) is 23.8. The Kier molecular flexibility index (Phi) is 7.93. The number of hydrogen-bond donors (Lipinski definition) is 2. The Labute approximate surface area is 246 Å². The van der Waals surface area contributed by atoms with Crippen molar-refractivity contribution >= 4 is 56.5 Å². The predicted octanol–water partition coefficient (Wildman–Crippen LogP) is 2.58. The quantitative estimate of drug-likeness (QED) is 0.311. The molecule has 0 aliphatic carbocycles.